The van der Waals surface area contributed by atoms with Crippen LogP contribution < -0.4 is 10.1 Å². The third-order valence-corrected chi connectivity index (χ3v) is 9.34. The second-order valence-electron chi connectivity index (χ2n) is 12.6. The molecule has 1 aromatic carbocycles. The van der Waals surface area contributed by atoms with Crippen molar-refractivity contribution in [1.82, 2.24) is 19.8 Å². The van der Waals surface area contributed by atoms with Crippen LogP contribution in [-0.2, 0) is 23.1 Å². The molecule has 2 fully saturated rings. The fraction of sp³-hybridized carbons (Fsp3) is 0.571. The van der Waals surface area contributed by atoms with E-state index in [-0.39, 0.29) is 18.3 Å². The highest BCUT2D eigenvalue weighted by Gasteiger charge is 2.31. The van der Waals surface area contributed by atoms with Gasteiger partial charge in [-0.15, -0.1) is 0 Å². The topological polar surface area (TPSA) is 117 Å². The van der Waals surface area contributed by atoms with Crippen LogP contribution in [0.3, 0.4) is 0 Å². The quantitative estimate of drug-likeness (QED) is 0.216. The summed E-state index contributed by atoms with van der Waals surface area (Å²) in [5.74, 6) is -0.122. The van der Waals surface area contributed by atoms with E-state index < -0.39 is 18.1 Å². The molecule has 10 heteroatoms. The summed E-state index contributed by atoms with van der Waals surface area (Å²) >= 11 is 0. The molecule has 0 spiro atoms. The van der Waals surface area contributed by atoms with Crippen molar-refractivity contribution in [3.63, 3.8) is 0 Å². The third kappa shape index (κ3) is 10.5. The average Bonchev–Trinajstić information content (AvgIpc) is 3.44. The molecule has 45 heavy (non-hydrogen) atoms. The summed E-state index contributed by atoms with van der Waals surface area (Å²) in [5, 5.41) is 21.9. The highest BCUT2D eigenvalue weighted by atomic mass is 19.1. The van der Waals surface area contributed by atoms with Gasteiger partial charge in [0, 0.05) is 49.9 Å². The summed E-state index contributed by atoms with van der Waals surface area (Å²) in [5.41, 5.74) is 2.69. The number of methoxy groups -OCH3 is 1. The zero-order valence-corrected chi connectivity index (χ0v) is 26.7. The van der Waals surface area contributed by atoms with Gasteiger partial charge in [-0.05, 0) is 131 Å². The van der Waals surface area contributed by atoms with E-state index in [0.717, 1.165) is 75.7 Å². The van der Waals surface area contributed by atoms with E-state index in [1.54, 1.807) is 19.4 Å². The second kappa shape index (κ2) is 17.3. The minimum absolute atomic E-state index is 0.0535. The Hall–Kier alpha value is -3.50. The lowest BCUT2D eigenvalue weighted by atomic mass is 9.79. The van der Waals surface area contributed by atoms with E-state index >= 15 is 4.39 Å². The Bertz CT molecular complexity index is 1380. The second-order valence-corrected chi connectivity index (χ2v) is 12.6. The van der Waals surface area contributed by atoms with Crippen molar-refractivity contribution in [2.24, 2.45) is 24.8 Å². The molecule has 246 valence electrons. The number of hydrogen-bond donors (Lipinski definition) is 3. The summed E-state index contributed by atoms with van der Waals surface area (Å²) in [4.78, 5) is 28.6. The number of nitrogens with zero attached hydrogens (tertiary/aromatic N) is 3. The molecule has 9 nitrogen and oxygen atoms in total. The van der Waals surface area contributed by atoms with Crippen LogP contribution in [0.15, 0.2) is 48.8 Å². The van der Waals surface area contributed by atoms with Crippen LogP contribution in [0.25, 0.3) is 10.9 Å². The monoisotopic (exact) mass is 624 g/mol. The molecule has 2 aromatic heterocycles. The van der Waals surface area contributed by atoms with Gasteiger partial charge >= 0.3 is 11.9 Å². The van der Waals surface area contributed by atoms with Gasteiger partial charge in [-0.3, -0.25) is 14.6 Å². The molecular formula is C35H49FN4O5. The number of aromatic nitrogens is 2. The summed E-state index contributed by atoms with van der Waals surface area (Å²) in [6, 6.07) is 11.5. The number of piperidine rings is 2. The molecule has 2 aliphatic rings. The molecule has 0 amide bonds. The molecular weight excluding hydrogens is 575 g/mol. The fourth-order valence-electron chi connectivity index (χ4n) is 6.84. The molecule has 0 aliphatic carbocycles. The SMILES string of the molecule is COc1ccc2nccc(C(F)CC[C@@H]3CCN(CCCc4cccn4C)C[C@@H]3CC(=O)O)c2c1.O=C(O)CC1CCCNC1. The molecule has 5 rings (SSSR count). The van der Waals surface area contributed by atoms with Gasteiger partial charge in [0.25, 0.3) is 0 Å². The van der Waals surface area contributed by atoms with Crippen LogP contribution >= 0.6 is 0 Å². The third-order valence-electron chi connectivity index (χ3n) is 9.34. The zero-order valence-electron chi connectivity index (χ0n) is 26.7. The summed E-state index contributed by atoms with van der Waals surface area (Å²) in [7, 11) is 3.66. The van der Waals surface area contributed by atoms with Crippen molar-refractivity contribution >= 4 is 22.8 Å². The van der Waals surface area contributed by atoms with Crippen LogP contribution in [0, 0.1) is 17.8 Å². The molecule has 0 radical (unpaired) electrons. The standard InChI is InChI=1S/C28H36FN3O3.C7H13NO2/c1-31-14-3-5-22(31)6-4-15-32-16-12-20(21(19-32)17-28(33)34)7-9-26(29)24-11-13-30-27-10-8-23(35-2)18-25(24)27;9-7(10)4-6-2-1-3-8-5-6/h3,5,8,10-11,13-14,18,20-21,26H,4,6-7,9,12,15-17,19H2,1-2H3,(H,33,34);6,8H,1-5H2,(H,9,10)/t20-,21+,26?;/m1./s1. The maximum absolute atomic E-state index is 15.5. The van der Waals surface area contributed by atoms with Crippen molar-refractivity contribution in [1.29, 1.82) is 0 Å². The van der Waals surface area contributed by atoms with Crippen LogP contribution in [0.2, 0.25) is 0 Å². The number of rotatable bonds is 13. The van der Waals surface area contributed by atoms with Crippen molar-refractivity contribution in [3.8, 4) is 5.75 Å². The first-order chi connectivity index (χ1) is 21.7. The molecule has 3 N–H and O–H groups in total. The molecule has 2 unspecified atom stereocenters. The summed E-state index contributed by atoms with van der Waals surface area (Å²) in [6.45, 7) is 4.61. The van der Waals surface area contributed by atoms with E-state index in [9.17, 15) is 14.7 Å². The first kappa shape index (κ1) is 34.4. The molecule has 0 saturated carbocycles. The smallest absolute Gasteiger partial charge is 0.303 e. The average molecular weight is 625 g/mol. The van der Waals surface area contributed by atoms with Gasteiger partial charge in [-0.1, -0.05) is 0 Å². The number of carbonyl (C=O) groups is 2. The number of benzene rings is 1. The van der Waals surface area contributed by atoms with Crippen molar-refractivity contribution in [2.45, 2.75) is 64.0 Å². The number of likely N-dealkylation sites (tertiary alicyclic amines) is 1. The van der Waals surface area contributed by atoms with E-state index in [1.807, 2.05) is 18.2 Å². The Morgan fingerprint density at radius 1 is 1.13 bits per heavy atom. The Kier molecular flexibility index (Phi) is 13.2. The van der Waals surface area contributed by atoms with Gasteiger partial charge in [-0.25, -0.2) is 4.39 Å². The number of aliphatic carboxylic acids is 2. The lowest BCUT2D eigenvalue weighted by Gasteiger charge is -2.38. The van der Waals surface area contributed by atoms with Crippen LogP contribution in [-0.4, -0.2) is 76.4 Å². The Morgan fingerprint density at radius 2 is 1.96 bits per heavy atom. The van der Waals surface area contributed by atoms with Crippen molar-refractivity contribution in [3.05, 3.63) is 60.0 Å². The van der Waals surface area contributed by atoms with Crippen LogP contribution in [0.4, 0.5) is 4.39 Å². The fourth-order valence-corrected chi connectivity index (χ4v) is 6.84. The van der Waals surface area contributed by atoms with Gasteiger partial charge in [-0.2, -0.15) is 0 Å². The van der Waals surface area contributed by atoms with Gasteiger partial charge < -0.3 is 29.7 Å². The molecule has 2 saturated heterocycles. The van der Waals surface area contributed by atoms with Gasteiger partial charge in [0.15, 0.2) is 0 Å². The predicted molar refractivity (Wildman–Crippen MR) is 173 cm³/mol. The predicted octanol–water partition coefficient (Wildman–Crippen LogP) is 5.88. The number of halogens is 1. The molecule has 4 heterocycles. The zero-order chi connectivity index (χ0) is 32.2. The summed E-state index contributed by atoms with van der Waals surface area (Å²) < 4.78 is 22.9. The number of carboxylic acids is 2. The number of pyridine rings is 1. The maximum atomic E-state index is 15.5. The lowest BCUT2D eigenvalue weighted by molar-refractivity contribution is -0.139. The van der Waals surface area contributed by atoms with Crippen LogP contribution in [0.1, 0.15) is 68.8 Å². The first-order valence-electron chi connectivity index (χ1n) is 16.3. The van der Waals surface area contributed by atoms with Gasteiger partial charge in [0.2, 0.25) is 0 Å². The van der Waals surface area contributed by atoms with Crippen molar-refractivity contribution < 1.29 is 28.9 Å². The molecule has 0 bridgehead atoms. The van der Waals surface area contributed by atoms with Gasteiger partial charge in [0.1, 0.15) is 11.9 Å². The Labute approximate surface area is 265 Å². The number of ether oxygens (including phenoxy) is 1. The highest BCUT2D eigenvalue weighted by molar-refractivity contribution is 5.83. The van der Waals surface area contributed by atoms with Gasteiger partial charge in [0.05, 0.1) is 12.6 Å². The molecule has 3 aromatic rings. The Balaban J connectivity index is 0.000000392. The summed E-state index contributed by atoms with van der Waals surface area (Å²) in [6.07, 6.45) is 9.30. The molecule has 2 aliphatic heterocycles. The normalized spacial score (nSPS) is 21.1. The van der Waals surface area contributed by atoms with E-state index in [2.05, 4.69) is 45.1 Å². The number of nitrogens with one attached hydrogen (secondary N) is 1. The van der Waals surface area contributed by atoms with E-state index in [0.29, 0.717) is 36.5 Å². The highest BCUT2D eigenvalue weighted by Crippen LogP contribution is 2.36. The number of hydrogen-bond acceptors (Lipinski definition) is 6. The lowest BCUT2D eigenvalue weighted by Crippen LogP contribution is -2.42. The molecule has 4 atom stereocenters. The number of aryl methyl sites for hydroxylation is 2. The largest absolute Gasteiger partial charge is 0.497 e. The van der Waals surface area contributed by atoms with Crippen LogP contribution in [0.5, 0.6) is 5.75 Å². The number of fused-ring (bicyclic) bond motifs is 1. The Morgan fingerprint density at radius 3 is 2.64 bits per heavy atom. The minimum Gasteiger partial charge on any atom is -0.497 e. The van der Waals surface area contributed by atoms with Crippen molar-refractivity contribution in [2.75, 3.05) is 39.8 Å². The van der Waals surface area contributed by atoms with E-state index in [4.69, 9.17) is 9.84 Å². The maximum Gasteiger partial charge on any atom is 0.303 e. The number of carboxylic acid groups (broad SMARTS) is 2. The van der Waals surface area contributed by atoms with E-state index in [1.165, 1.54) is 5.69 Å². The minimum atomic E-state index is -1.12. The number of alkyl halides is 1. The first-order valence-corrected chi connectivity index (χ1v) is 16.3.